The Balaban J connectivity index is 1.64. The minimum absolute atomic E-state index is 0.638. The van der Waals surface area contributed by atoms with Gasteiger partial charge in [0, 0.05) is 31.3 Å². The zero-order valence-corrected chi connectivity index (χ0v) is 10.5. The first-order valence-electron chi connectivity index (χ1n) is 6.92. The highest BCUT2D eigenvalue weighted by Gasteiger charge is 2.19. The Labute approximate surface area is 99.3 Å². The van der Waals surface area contributed by atoms with Crippen LogP contribution in [-0.2, 0) is 4.74 Å². The lowest BCUT2D eigenvalue weighted by Crippen LogP contribution is -2.44. The van der Waals surface area contributed by atoms with Gasteiger partial charge >= 0.3 is 0 Å². The van der Waals surface area contributed by atoms with Crippen LogP contribution in [0.5, 0.6) is 0 Å². The third-order valence-corrected chi connectivity index (χ3v) is 3.79. The van der Waals surface area contributed by atoms with Gasteiger partial charge in [-0.1, -0.05) is 6.42 Å². The van der Waals surface area contributed by atoms with E-state index in [1.165, 1.54) is 45.1 Å². The molecule has 0 aromatic carbocycles. The lowest BCUT2D eigenvalue weighted by Gasteiger charge is -2.30. The molecule has 2 fully saturated rings. The third kappa shape index (κ3) is 4.04. The Kier molecular flexibility index (Phi) is 5.07. The zero-order valence-electron chi connectivity index (χ0n) is 10.5. The summed E-state index contributed by atoms with van der Waals surface area (Å²) in [7, 11) is 0. The fraction of sp³-hybridized carbons (Fsp3) is 1.00. The molecule has 16 heavy (non-hydrogen) atoms. The van der Waals surface area contributed by atoms with E-state index in [2.05, 4.69) is 17.6 Å². The van der Waals surface area contributed by atoms with Gasteiger partial charge in [-0.2, -0.15) is 0 Å². The Morgan fingerprint density at radius 1 is 1.25 bits per heavy atom. The summed E-state index contributed by atoms with van der Waals surface area (Å²) in [5, 5.41) is 7.37. The number of piperidine rings is 1. The second kappa shape index (κ2) is 6.58. The van der Waals surface area contributed by atoms with E-state index in [1.807, 2.05) is 0 Å². The van der Waals surface area contributed by atoms with Gasteiger partial charge in [-0.15, -0.1) is 0 Å². The van der Waals surface area contributed by atoms with Crippen molar-refractivity contribution in [1.82, 2.24) is 10.6 Å². The van der Waals surface area contributed by atoms with Crippen molar-refractivity contribution in [1.29, 1.82) is 0 Å². The summed E-state index contributed by atoms with van der Waals surface area (Å²) < 4.78 is 5.38. The van der Waals surface area contributed by atoms with Crippen molar-refractivity contribution < 1.29 is 4.74 Å². The van der Waals surface area contributed by atoms with Gasteiger partial charge in [-0.3, -0.25) is 0 Å². The van der Waals surface area contributed by atoms with Crippen LogP contribution >= 0.6 is 0 Å². The fourth-order valence-electron chi connectivity index (χ4n) is 2.89. The van der Waals surface area contributed by atoms with Crippen LogP contribution in [0.25, 0.3) is 0 Å². The predicted octanol–water partition coefficient (Wildman–Crippen LogP) is 1.68. The maximum absolute atomic E-state index is 5.38. The first-order valence-corrected chi connectivity index (χ1v) is 6.92. The molecule has 2 aliphatic heterocycles. The van der Waals surface area contributed by atoms with Crippen molar-refractivity contribution in [3.63, 3.8) is 0 Å². The minimum Gasteiger partial charge on any atom is -0.381 e. The number of hydrogen-bond donors (Lipinski definition) is 2. The molecule has 0 bridgehead atoms. The monoisotopic (exact) mass is 226 g/mol. The van der Waals surface area contributed by atoms with Crippen LogP contribution in [-0.4, -0.2) is 37.9 Å². The van der Waals surface area contributed by atoms with Crippen LogP contribution < -0.4 is 10.6 Å². The lowest BCUT2D eigenvalue weighted by molar-refractivity contribution is 0.0746. The van der Waals surface area contributed by atoms with Gasteiger partial charge < -0.3 is 15.4 Å². The van der Waals surface area contributed by atoms with Gasteiger partial charge in [-0.25, -0.2) is 0 Å². The molecule has 0 aromatic rings. The van der Waals surface area contributed by atoms with Gasteiger partial charge in [0.15, 0.2) is 0 Å². The molecule has 94 valence electrons. The molecule has 0 aliphatic carbocycles. The summed E-state index contributed by atoms with van der Waals surface area (Å²) >= 11 is 0. The topological polar surface area (TPSA) is 33.3 Å². The molecule has 2 heterocycles. The highest BCUT2D eigenvalue weighted by atomic mass is 16.5. The van der Waals surface area contributed by atoms with Crippen LogP contribution in [0.2, 0.25) is 0 Å². The summed E-state index contributed by atoms with van der Waals surface area (Å²) in [6.45, 7) is 5.42. The lowest BCUT2D eigenvalue weighted by atomic mass is 9.98. The Morgan fingerprint density at radius 2 is 2.06 bits per heavy atom. The highest BCUT2D eigenvalue weighted by molar-refractivity contribution is 4.80. The Hall–Kier alpha value is -0.120. The van der Waals surface area contributed by atoms with E-state index < -0.39 is 0 Å². The van der Waals surface area contributed by atoms with Gasteiger partial charge in [0.2, 0.25) is 0 Å². The second-order valence-corrected chi connectivity index (χ2v) is 5.34. The first kappa shape index (κ1) is 12.3. The molecule has 0 aromatic heterocycles. The summed E-state index contributed by atoms with van der Waals surface area (Å²) in [6.07, 6.45) is 7.77. The van der Waals surface area contributed by atoms with E-state index >= 15 is 0 Å². The van der Waals surface area contributed by atoms with Crippen molar-refractivity contribution in [2.75, 3.05) is 19.8 Å². The van der Waals surface area contributed by atoms with E-state index in [0.29, 0.717) is 12.1 Å². The summed E-state index contributed by atoms with van der Waals surface area (Å²) in [4.78, 5) is 0. The molecule has 2 N–H and O–H groups in total. The fourth-order valence-corrected chi connectivity index (χ4v) is 2.89. The molecular formula is C13H26N2O. The van der Waals surface area contributed by atoms with E-state index in [9.17, 15) is 0 Å². The standard InChI is InChI=1S/C13H26N2O/c1-11(10-13-4-2-3-7-14-13)15-12-5-8-16-9-6-12/h11-15H,2-10H2,1H3. The largest absolute Gasteiger partial charge is 0.381 e. The number of ether oxygens (including phenoxy) is 1. The molecule has 2 aliphatic rings. The van der Waals surface area contributed by atoms with Crippen LogP contribution in [0, 0.1) is 0 Å². The van der Waals surface area contributed by atoms with Crippen LogP contribution in [0.15, 0.2) is 0 Å². The minimum atomic E-state index is 0.638. The van der Waals surface area contributed by atoms with Crippen molar-refractivity contribution in [3.8, 4) is 0 Å². The number of rotatable bonds is 4. The molecule has 2 rings (SSSR count). The van der Waals surface area contributed by atoms with E-state index in [-0.39, 0.29) is 0 Å². The smallest absolute Gasteiger partial charge is 0.0480 e. The van der Waals surface area contributed by atoms with Gasteiger partial charge in [0.25, 0.3) is 0 Å². The SMILES string of the molecule is CC(CC1CCCCN1)NC1CCOCC1. The van der Waals surface area contributed by atoms with Crippen molar-refractivity contribution in [2.24, 2.45) is 0 Å². The molecule has 2 atom stereocenters. The van der Waals surface area contributed by atoms with Crippen molar-refractivity contribution in [3.05, 3.63) is 0 Å². The molecule has 0 saturated carbocycles. The second-order valence-electron chi connectivity index (χ2n) is 5.34. The Bertz CT molecular complexity index is 166. The molecule has 3 heteroatoms. The van der Waals surface area contributed by atoms with Crippen LogP contribution in [0.1, 0.15) is 45.4 Å². The average Bonchev–Trinajstić information content (AvgIpc) is 2.31. The van der Waals surface area contributed by atoms with Crippen LogP contribution in [0.4, 0.5) is 0 Å². The zero-order chi connectivity index (χ0) is 11.2. The number of nitrogens with one attached hydrogen (secondary N) is 2. The highest BCUT2D eigenvalue weighted by Crippen LogP contribution is 2.14. The summed E-state index contributed by atoms with van der Waals surface area (Å²) in [5.74, 6) is 0. The molecule has 0 amide bonds. The first-order chi connectivity index (χ1) is 7.84. The van der Waals surface area contributed by atoms with Gasteiger partial charge in [0.1, 0.15) is 0 Å². The molecule has 2 saturated heterocycles. The summed E-state index contributed by atoms with van der Waals surface area (Å²) in [6, 6.07) is 2.07. The van der Waals surface area contributed by atoms with Crippen molar-refractivity contribution >= 4 is 0 Å². The van der Waals surface area contributed by atoms with E-state index in [0.717, 1.165) is 19.3 Å². The van der Waals surface area contributed by atoms with Crippen LogP contribution in [0.3, 0.4) is 0 Å². The Morgan fingerprint density at radius 3 is 2.75 bits per heavy atom. The third-order valence-electron chi connectivity index (χ3n) is 3.79. The van der Waals surface area contributed by atoms with Crippen molar-refractivity contribution in [2.45, 2.75) is 63.6 Å². The quantitative estimate of drug-likeness (QED) is 0.765. The van der Waals surface area contributed by atoms with E-state index in [1.54, 1.807) is 0 Å². The van der Waals surface area contributed by atoms with E-state index in [4.69, 9.17) is 4.74 Å². The maximum atomic E-state index is 5.38. The molecule has 0 spiro atoms. The average molecular weight is 226 g/mol. The number of hydrogen-bond acceptors (Lipinski definition) is 3. The normalized spacial score (nSPS) is 30.2. The molecule has 0 radical (unpaired) electrons. The summed E-state index contributed by atoms with van der Waals surface area (Å²) in [5.41, 5.74) is 0. The molecular weight excluding hydrogens is 200 g/mol. The molecule has 3 nitrogen and oxygen atoms in total. The predicted molar refractivity (Wildman–Crippen MR) is 66.7 cm³/mol. The van der Waals surface area contributed by atoms with Gasteiger partial charge in [0.05, 0.1) is 0 Å². The van der Waals surface area contributed by atoms with Gasteiger partial charge in [-0.05, 0) is 45.6 Å². The maximum Gasteiger partial charge on any atom is 0.0480 e. The molecule has 2 unspecified atom stereocenters.